The van der Waals surface area contributed by atoms with Gasteiger partial charge in [-0.2, -0.15) is 10.5 Å². The quantitative estimate of drug-likeness (QED) is 0.594. The average Bonchev–Trinajstić information content (AvgIpc) is 3.08. The first-order valence-corrected chi connectivity index (χ1v) is 6.96. The molecule has 2 rings (SSSR count). The maximum atomic E-state index is 11.8. The second kappa shape index (κ2) is 7.37. The minimum atomic E-state index is -0.547. The lowest BCUT2D eigenvalue weighted by Gasteiger charge is -2.13. The SMILES string of the molecule is COC(=O)c1cc(Br)cc(NC=C(C#N)c2nn[nH]n2)c1OC. The molecule has 2 aromatic rings. The molecule has 0 aliphatic heterocycles. The maximum Gasteiger partial charge on any atom is 0.341 e. The van der Waals surface area contributed by atoms with Gasteiger partial charge in [0.15, 0.2) is 5.75 Å². The molecule has 1 aromatic carbocycles. The molecule has 0 bridgehead atoms. The molecule has 10 heteroatoms. The lowest BCUT2D eigenvalue weighted by molar-refractivity contribution is 0.0597. The number of allylic oxidation sites excluding steroid dienone is 1. The van der Waals surface area contributed by atoms with Crippen molar-refractivity contribution in [3.05, 3.63) is 34.2 Å². The van der Waals surface area contributed by atoms with Crippen LogP contribution in [0.5, 0.6) is 5.75 Å². The first kappa shape index (κ1) is 16.4. The van der Waals surface area contributed by atoms with E-state index in [0.717, 1.165) is 0 Å². The van der Waals surface area contributed by atoms with E-state index in [1.807, 2.05) is 6.07 Å². The first-order valence-electron chi connectivity index (χ1n) is 6.17. The van der Waals surface area contributed by atoms with Crippen LogP contribution in [0.2, 0.25) is 0 Å². The van der Waals surface area contributed by atoms with Crippen molar-refractivity contribution in [2.45, 2.75) is 0 Å². The molecular weight excluding hydrogens is 368 g/mol. The molecule has 0 atom stereocenters. The van der Waals surface area contributed by atoms with Crippen molar-refractivity contribution in [3.8, 4) is 11.8 Å². The summed E-state index contributed by atoms with van der Waals surface area (Å²) in [6.45, 7) is 0. The highest BCUT2D eigenvalue weighted by molar-refractivity contribution is 9.10. The molecule has 2 N–H and O–H groups in total. The second-order valence-corrected chi connectivity index (χ2v) is 4.99. The fourth-order valence-corrected chi connectivity index (χ4v) is 2.21. The van der Waals surface area contributed by atoms with Crippen LogP contribution >= 0.6 is 15.9 Å². The molecule has 0 radical (unpaired) electrons. The summed E-state index contributed by atoms with van der Waals surface area (Å²) in [7, 11) is 2.70. The molecule has 1 heterocycles. The number of nitrogens with zero attached hydrogens (tertiary/aromatic N) is 4. The van der Waals surface area contributed by atoms with Crippen molar-refractivity contribution in [2.24, 2.45) is 0 Å². The molecule has 1 aromatic heterocycles. The Hall–Kier alpha value is -2.93. The Morgan fingerprint density at radius 2 is 2.26 bits per heavy atom. The van der Waals surface area contributed by atoms with Crippen LogP contribution in [0.1, 0.15) is 16.2 Å². The van der Waals surface area contributed by atoms with Gasteiger partial charge in [-0.25, -0.2) is 4.79 Å². The van der Waals surface area contributed by atoms with E-state index in [-0.39, 0.29) is 22.7 Å². The van der Waals surface area contributed by atoms with Gasteiger partial charge in [-0.1, -0.05) is 15.9 Å². The predicted octanol–water partition coefficient (Wildman–Crippen LogP) is 1.73. The van der Waals surface area contributed by atoms with E-state index in [1.165, 1.54) is 20.4 Å². The number of nitriles is 1. The number of H-pyrrole nitrogens is 1. The maximum absolute atomic E-state index is 11.8. The van der Waals surface area contributed by atoms with Gasteiger partial charge in [0.1, 0.15) is 17.2 Å². The van der Waals surface area contributed by atoms with Gasteiger partial charge in [-0.15, -0.1) is 10.2 Å². The van der Waals surface area contributed by atoms with Crippen LogP contribution in [0.3, 0.4) is 0 Å². The zero-order chi connectivity index (χ0) is 16.8. The van der Waals surface area contributed by atoms with Crippen LogP contribution in [-0.2, 0) is 4.74 Å². The van der Waals surface area contributed by atoms with Gasteiger partial charge in [0, 0.05) is 10.7 Å². The first-order chi connectivity index (χ1) is 11.1. The molecule has 0 amide bonds. The summed E-state index contributed by atoms with van der Waals surface area (Å²) in [6.07, 6.45) is 1.39. The lowest BCUT2D eigenvalue weighted by atomic mass is 10.1. The van der Waals surface area contributed by atoms with E-state index in [9.17, 15) is 4.79 Å². The van der Waals surface area contributed by atoms with Crippen molar-refractivity contribution < 1.29 is 14.3 Å². The van der Waals surface area contributed by atoms with E-state index >= 15 is 0 Å². The van der Waals surface area contributed by atoms with Gasteiger partial charge >= 0.3 is 5.97 Å². The number of aromatic nitrogens is 4. The zero-order valence-corrected chi connectivity index (χ0v) is 13.7. The Labute approximate surface area is 139 Å². The molecule has 0 saturated carbocycles. The van der Waals surface area contributed by atoms with E-state index in [1.54, 1.807) is 12.1 Å². The predicted molar refractivity (Wildman–Crippen MR) is 83.4 cm³/mol. The molecular formula is C13H11BrN6O3. The van der Waals surface area contributed by atoms with E-state index < -0.39 is 5.97 Å². The molecule has 23 heavy (non-hydrogen) atoms. The van der Waals surface area contributed by atoms with Crippen LogP contribution in [-0.4, -0.2) is 40.8 Å². The van der Waals surface area contributed by atoms with E-state index in [2.05, 4.69) is 41.9 Å². The Bertz CT molecular complexity index is 782. The standard InChI is InChI=1S/C13H11BrN6O3/c1-22-11-9(13(21)23-2)3-8(14)4-10(11)16-6-7(5-15)12-17-19-20-18-12/h3-4,6,16H,1-2H3,(H,17,18,19,20). The highest BCUT2D eigenvalue weighted by Gasteiger charge is 2.18. The minimum Gasteiger partial charge on any atom is -0.494 e. The van der Waals surface area contributed by atoms with Gasteiger partial charge < -0.3 is 14.8 Å². The number of carbonyl (C=O) groups excluding carboxylic acids is 1. The molecule has 9 nitrogen and oxygen atoms in total. The van der Waals surface area contributed by atoms with Crippen molar-refractivity contribution in [3.63, 3.8) is 0 Å². The molecule has 0 unspecified atom stereocenters. The van der Waals surface area contributed by atoms with Gasteiger partial charge in [0.05, 0.1) is 19.9 Å². The lowest BCUT2D eigenvalue weighted by Crippen LogP contribution is -2.06. The van der Waals surface area contributed by atoms with Crippen molar-refractivity contribution in [2.75, 3.05) is 19.5 Å². The third-order valence-electron chi connectivity index (χ3n) is 2.74. The fourth-order valence-electron chi connectivity index (χ4n) is 1.75. The summed E-state index contributed by atoms with van der Waals surface area (Å²) in [4.78, 5) is 11.8. The number of benzene rings is 1. The van der Waals surface area contributed by atoms with Gasteiger partial charge in [-0.3, -0.25) is 0 Å². The third-order valence-corrected chi connectivity index (χ3v) is 3.20. The van der Waals surface area contributed by atoms with Gasteiger partial charge in [0.2, 0.25) is 5.82 Å². The molecule has 0 fully saturated rings. The largest absolute Gasteiger partial charge is 0.494 e. The number of carbonyl (C=O) groups is 1. The van der Waals surface area contributed by atoms with Crippen molar-refractivity contribution in [1.29, 1.82) is 5.26 Å². The molecule has 0 aliphatic rings. The number of aromatic amines is 1. The minimum absolute atomic E-state index is 0.141. The summed E-state index contributed by atoms with van der Waals surface area (Å²) < 4.78 is 10.6. The van der Waals surface area contributed by atoms with Crippen LogP contribution in [0.4, 0.5) is 5.69 Å². The van der Waals surface area contributed by atoms with Crippen LogP contribution in [0.15, 0.2) is 22.8 Å². The van der Waals surface area contributed by atoms with Crippen LogP contribution in [0.25, 0.3) is 5.57 Å². The zero-order valence-electron chi connectivity index (χ0n) is 12.1. The normalized spacial score (nSPS) is 10.8. The number of nitrogens with one attached hydrogen (secondary N) is 2. The number of esters is 1. The topological polar surface area (TPSA) is 126 Å². The number of rotatable bonds is 5. The third kappa shape index (κ3) is 3.64. The van der Waals surface area contributed by atoms with E-state index in [4.69, 9.17) is 14.7 Å². The van der Waals surface area contributed by atoms with E-state index in [0.29, 0.717) is 10.2 Å². The Morgan fingerprint density at radius 3 is 2.83 bits per heavy atom. The van der Waals surface area contributed by atoms with Crippen LogP contribution < -0.4 is 10.1 Å². The number of ether oxygens (including phenoxy) is 2. The number of hydrogen-bond acceptors (Lipinski definition) is 8. The Balaban J connectivity index is 2.42. The number of halogens is 1. The molecule has 118 valence electrons. The van der Waals surface area contributed by atoms with Gasteiger partial charge in [0.25, 0.3) is 0 Å². The number of anilines is 1. The van der Waals surface area contributed by atoms with Gasteiger partial charge in [-0.05, 0) is 17.3 Å². The number of hydrogen-bond donors (Lipinski definition) is 2. The average molecular weight is 379 g/mol. The Kier molecular flexibility index (Phi) is 5.27. The highest BCUT2D eigenvalue weighted by Crippen LogP contribution is 2.33. The second-order valence-electron chi connectivity index (χ2n) is 4.08. The summed E-state index contributed by atoms with van der Waals surface area (Å²) >= 11 is 3.31. The molecule has 0 spiro atoms. The summed E-state index contributed by atoms with van der Waals surface area (Å²) in [5.41, 5.74) is 0.845. The summed E-state index contributed by atoms with van der Waals surface area (Å²) in [5.74, 6) is -0.127. The summed E-state index contributed by atoms with van der Waals surface area (Å²) in [5, 5.41) is 25.1. The molecule has 0 saturated heterocycles. The van der Waals surface area contributed by atoms with Crippen molar-refractivity contribution >= 4 is 33.2 Å². The Morgan fingerprint density at radius 1 is 1.48 bits per heavy atom. The smallest absolute Gasteiger partial charge is 0.341 e. The highest BCUT2D eigenvalue weighted by atomic mass is 79.9. The number of tetrazole rings is 1. The molecule has 0 aliphatic carbocycles. The fraction of sp³-hybridized carbons (Fsp3) is 0.154. The van der Waals surface area contributed by atoms with Crippen molar-refractivity contribution in [1.82, 2.24) is 20.6 Å². The monoisotopic (exact) mass is 378 g/mol. The number of methoxy groups -OCH3 is 2. The summed E-state index contributed by atoms with van der Waals surface area (Å²) in [6, 6.07) is 5.21. The van der Waals surface area contributed by atoms with Crippen LogP contribution in [0, 0.1) is 11.3 Å².